The molecule has 0 amide bonds. The van der Waals surface area contributed by atoms with Crippen LogP contribution >= 0.6 is 0 Å². The molecule has 0 aliphatic heterocycles. The first-order valence-electron chi connectivity index (χ1n) is 12.5. The molecule has 0 fully saturated rings. The number of para-hydroxylation sites is 1. The summed E-state index contributed by atoms with van der Waals surface area (Å²) in [4.78, 5) is 8.89. The van der Waals surface area contributed by atoms with Crippen molar-refractivity contribution in [1.82, 2.24) is 9.97 Å². The molecule has 3 heterocycles. The fraction of sp³-hybridized carbons (Fsp3) is 0.0286. The first-order chi connectivity index (χ1) is 18.8. The zero-order valence-electron chi connectivity index (χ0n) is 21.3. The van der Waals surface area contributed by atoms with Gasteiger partial charge in [0.15, 0.2) is 0 Å². The van der Waals surface area contributed by atoms with E-state index in [4.69, 9.17) is 4.42 Å². The molecule has 0 aliphatic rings. The molecule has 0 bridgehead atoms. The van der Waals surface area contributed by atoms with Gasteiger partial charge in [0.05, 0.1) is 5.58 Å². The Labute approximate surface area is 241 Å². The van der Waals surface area contributed by atoms with Crippen molar-refractivity contribution in [2.24, 2.45) is 0 Å². The van der Waals surface area contributed by atoms with Crippen LogP contribution in [0.3, 0.4) is 0 Å². The molecule has 0 N–H and O–H groups in total. The van der Waals surface area contributed by atoms with Crippen molar-refractivity contribution in [3.63, 3.8) is 0 Å². The topological polar surface area (TPSA) is 38.9 Å². The van der Waals surface area contributed by atoms with Crippen molar-refractivity contribution >= 4 is 21.9 Å². The summed E-state index contributed by atoms with van der Waals surface area (Å²) >= 11 is 0. The summed E-state index contributed by atoms with van der Waals surface area (Å²) < 4.78 is 6.01. The number of hydrogen-bond donors (Lipinski definition) is 0. The molecule has 7 aromatic rings. The molecule has 3 nitrogen and oxygen atoms in total. The zero-order chi connectivity index (χ0) is 25.7. The van der Waals surface area contributed by atoms with E-state index in [0.717, 1.165) is 50.1 Å². The zero-order valence-corrected chi connectivity index (χ0v) is 23.7. The fourth-order valence-electron chi connectivity index (χ4n) is 4.48. The predicted octanol–water partition coefficient (Wildman–Crippen LogP) is 8.97. The van der Waals surface area contributed by atoms with Crippen LogP contribution in [0.4, 0.5) is 0 Å². The summed E-state index contributed by atoms with van der Waals surface area (Å²) in [5, 5.41) is 2.24. The Hall–Kier alpha value is -4.37. The van der Waals surface area contributed by atoms with Gasteiger partial charge in [0.2, 0.25) is 0 Å². The maximum atomic E-state index is 6.01. The van der Waals surface area contributed by atoms with Crippen molar-refractivity contribution in [1.29, 1.82) is 0 Å². The first kappa shape index (κ1) is 26.2. The maximum Gasteiger partial charge on any atom is 0.120 e. The van der Waals surface area contributed by atoms with Gasteiger partial charge in [-0.1, -0.05) is 94.9 Å². The molecular weight excluding hydrogens is 657 g/mol. The number of hydrogen-bond acceptors (Lipinski definition) is 3. The number of pyridine rings is 2. The molecule has 0 spiro atoms. The molecule has 0 atom stereocenters. The number of benzene rings is 4. The van der Waals surface area contributed by atoms with Gasteiger partial charge in [-0.2, -0.15) is 0 Å². The Bertz CT molecular complexity index is 1750. The van der Waals surface area contributed by atoms with E-state index in [1.807, 2.05) is 97.9 Å². The van der Waals surface area contributed by atoms with E-state index < -0.39 is 0 Å². The summed E-state index contributed by atoms with van der Waals surface area (Å²) in [7, 11) is 0. The minimum Gasteiger partial charge on any atom is -0.501 e. The van der Waals surface area contributed by atoms with Crippen LogP contribution in [0.1, 0.15) is 5.69 Å². The third kappa shape index (κ3) is 5.73. The fourth-order valence-corrected chi connectivity index (χ4v) is 4.48. The average Bonchev–Trinajstić information content (AvgIpc) is 3.38. The summed E-state index contributed by atoms with van der Waals surface area (Å²) in [5.74, 6) is 0. The first-order valence-corrected chi connectivity index (χ1v) is 12.5. The van der Waals surface area contributed by atoms with Gasteiger partial charge in [0, 0.05) is 37.4 Å². The van der Waals surface area contributed by atoms with E-state index in [9.17, 15) is 0 Å². The van der Waals surface area contributed by atoms with Crippen molar-refractivity contribution in [3.8, 4) is 33.6 Å². The summed E-state index contributed by atoms with van der Waals surface area (Å²) in [6.45, 7) is 1.99. The van der Waals surface area contributed by atoms with Crippen LogP contribution in [0.15, 0.2) is 132 Å². The molecule has 3 aromatic heterocycles. The molecular formula is C35H24IrN2O-2. The maximum absolute atomic E-state index is 6.01. The molecule has 0 saturated heterocycles. The second-order valence-electron chi connectivity index (χ2n) is 8.93. The molecule has 4 aromatic carbocycles. The minimum absolute atomic E-state index is 0. The second kappa shape index (κ2) is 12.0. The molecule has 39 heavy (non-hydrogen) atoms. The Morgan fingerprint density at radius 1 is 0.641 bits per heavy atom. The molecule has 191 valence electrons. The summed E-state index contributed by atoms with van der Waals surface area (Å²) in [6, 6.07) is 47.0. The van der Waals surface area contributed by atoms with Crippen molar-refractivity contribution < 1.29 is 24.5 Å². The molecule has 0 unspecified atom stereocenters. The Morgan fingerprint density at radius 3 is 2.21 bits per heavy atom. The van der Waals surface area contributed by atoms with Crippen molar-refractivity contribution in [2.75, 3.05) is 0 Å². The molecule has 1 radical (unpaired) electrons. The van der Waals surface area contributed by atoms with Crippen LogP contribution in [-0.2, 0) is 20.1 Å². The van der Waals surface area contributed by atoms with Crippen LogP contribution in [0, 0.1) is 19.1 Å². The van der Waals surface area contributed by atoms with Crippen molar-refractivity contribution in [3.05, 3.63) is 145 Å². The van der Waals surface area contributed by atoms with E-state index in [0.29, 0.717) is 0 Å². The van der Waals surface area contributed by atoms with Gasteiger partial charge in [0.25, 0.3) is 0 Å². The number of fused-ring (bicyclic) bond motifs is 3. The largest absolute Gasteiger partial charge is 0.501 e. The van der Waals surface area contributed by atoms with Crippen LogP contribution in [0.2, 0.25) is 0 Å². The number of nitrogens with zero attached hydrogens (tertiary/aromatic N) is 2. The third-order valence-electron chi connectivity index (χ3n) is 6.34. The van der Waals surface area contributed by atoms with Crippen LogP contribution in [0.25, 0.3) is 55.6 Å². The van der Waals surface area contributed by atoms with Gasteiger partial charge in [-0.05, 0) is 36.5 Å². The Morgan fingerprint density at radius 2 is 1.44 bits per heavy atom. The van der Waals surface area contributed by atoms with Gasteiger partial charge in [-0.25, -0.2) is 0 Å². The SMILES string of the molecule is Cc1cccc(-c2[c-]ccc3c2oc2ccccc23)n1.[Ir].[c-]1cc(-c2ccccc2)ccc1-c1ccccn1. The summed E-state index contributed by atoms with van der Waals surface area (Å²) in [6.07, 6.45) is 1.80. The number of rotatable bonds is 3. The molecule has 0 saturated carbocycles. The van der Waals surface area contributed by atoms with Gasteiger partial charge in [-0.3, -0.25) is 0 Å². The van der Waals surface area contributed by atoms with E-state index >= 15 is 0 Å². The van der Waals surface area contributed by atoms with Crippen LogP contribution in [-0.4, -0.2) is 9.97 Å². The minimum atomic E-state index is 0. The van der Waals surface area contributed by atoms with Crippen molar-refractivity contribution in [2.45, 2.75) is 6.92 Å². The number of aryl methyl sites for hydroxylation is 1. The summed E-state index contributed by atoms with van der Waals surface area (Å²) in [5.41, 5.74) is 8.92. The van der Waals surface area contributed by atoms with Gasteiger partial charge in [0.1, 0.15) is 5.58 Å². The van der Waals surface area contributed by atoms with Crippen LogP contribution in [0.5, 0.6) is 0 Å². The predicted molar refractivity (Wildman–Crippen MR) is 154 cm³/mol. The number of aromatic nitrogens is 2. The van der Waals surface area contributed by atoms with Gasteiger partial charge >= 0.3 is 0 Å². The van der Waals surface area contributed by atoms with Gasteiger partial charge in [-0.15, -0.1) is 48.0 Å². The van der Waals surface area contributed by atoms with E-state index in [2.05, 4.69) is 52.4 Å². The second-order valence-corrected chi connectivity index (χ2v) is 8.93. The Balaban J connectivity index is 0.000000155. The third-order valence-corrected chi connectivity index (χ3v) is 6.34. The van der Waals surface area contributed by atoms with Gasteiger partial charge < -0.3 is 14.4 Å². The monoisotopic (exact) mass is 681 g/mol. The van der Waals surface area contributed by atoms with E-state index in [-0.39, 0.29) is 20.1 Å². The Kier molecular flexibility index (Phi) is 8.07. The molecule has 4 heteroatoms. The van der Waals surface area contributed by atoms with E-state index in [1.165, 1.54) is 11.1 Å². The quantitative estimate of drug-likeness (QED) is 0.175. The molecule has 7 rings (SSSR count). The van der Waals surface area contributed by atoms with Crippen LogP contribution < -0.4 is 0 Å². The average molecular weight is 681 g/mol. The molecule has 0 aliphatic carbocycles. The smallest absolute Gasteiger partial charge is 0.120 e. The van der Waals surface area contributed by atoms with E-state index in [1.54, 1.807) is 6.20 Å². The normalized spacial score (nSPS) is 10.5. The number of furan rings is 1. The standard InChI is InChI=1S/C18H12NO.C17H12N.Ir/c1-12-6-4-10-16(19-12)15-9-5-8-14-13-7-2-3-11-17(13)20-18(14)15;1-2-6-14(7-3-1)15-9-11-16(12-10-15)17-8-4-5-13-18-17;/h2-8,10-11H,1H3;1-11,13H;/q2*-1;.